The van der Waals surface area contributed by atoms with E-state index < -0.39 is 0 Å². The predicted molar refractivity (Wildman–Crippen MR) is 74.1 cm³/mol. The van der Waals surface area contributed by atoms with Crippen LogP contribution >= 0.6 is 0 Å². The summed E-state index contributed by atoms with van der Waals surface area (Å²) in [5, 5.41) is 0. The lowest BCUT2D eigenvalue weighted by Gasteiger charge is -2.11. The van der Waals surface area contributed by atoms with Crippen LogP contribution in [-0.4, -0.2) is 12.1 Å². The number of hydrogen-bond donors (Lipinski definition) is 2. The Balaban J connectivity index is 2.09. The molecule has 100 valence electrons. The summed E-state index contributed by atoms with van der Waals surface area (Å²) in [5.74, 6) is 7.37. The lowest BCUT2D eigenvalue weighted by Crippen LogP contribution is -2.09. The molecule has 0 aliphatic heterocycles. The highest BCUT2D eigenvalue weighted by Crippen LogP contribution is 2.28. The van der Waals surface area contributed by atoms with Gasteiger partial charge in [-0.05, 0) is 42.3 Å². The van der Waals surface area contributed by atoms with Crippen molar-refractivity contribution in [1.29, 1.82) is 0 Å². The number of hydrazine groups is 1. The van der Waals surface area contributed by atoms with E-state index in [4.69, 9.17) is 15.3 Å². The standard InChI is InChI=1S/C14H17N3O2/c1-10-3-4-12(13(7-10)18-2)19-9-11-5-6-16-14(8-11)17-15/h3-8H,9,15H2,1-2H3,(H,16,17). The van der Waals surface area contributed by atoms with Crippen molar-refractivity contribution < 1.29 is 9.47 Å². The van der Waals surface area contributed by atoms with E-state index in [0.717, 1.165) is 16.9 Å². The molecule has 2 aromatic rings. The van der Waals surface area contributed by atoms with Crippen LogP contribution in [0.25, 0.3) is 0 Å². The minimum atomic E-state index is 0.427. The number of methoxy groups -OCH3 is 1. The van der Waals surface area contributed by atoms with Gasteiger partial charge in [-0.2, -0.15) is 0 Å². The zero-order valence-corrected chi connectivity index (χ0v) is 11.0. The molecule has 0 aliphatic rings. The summed E-state index contributed by atoms with van der Waals surface area (Å²) < 4.78 is 11.0. The first kappa shape index (κ1) is 13.2. The number of hydrogen-bond acceptors (Lipinski definition) is 5. The molecule has 0 saturated carbocycles. The number of benzene rings is 1. The zero-order valence-electron chi connectivity index (χ0n) is 11.0. The zero-order chi connectivity index (χ0) is 13.7. The summed E-state index contributed by atoms with van der Waals surface area (Å²) in [4.78, 5) is 4.04. The van der Waals surface area contributed by atoms with Crippen LogP contribution in [-0.2, 0) is 6.61 Å². The molecule has 0 bridgehead atoms. The maximum absolute atomic E-state index is 5.75. The SMILES string of the molecule is COc1cc(C)ccc1OCc1ccnc(NN)c1. The Bertz CT molecular complexity index is 558. The molecule has 0 unspecified atom stereocenters. The number of nitrogens with zero attached hydrogens (tertiary/aromatic N) is 1. The van der Waals surface area contributed by atoms with Crippen molar-refractivity contribution in [3.63, 3.8) is 0 Å². The Hall–Kier alpha value is -2.27. The summed E-state index contributed by atoms with van der Waals surface area (Å²) in [6.45, 7) is 2.44. The molecule has 5 nitrogen and oxygen atoms in total. The molecule has 0 spiro atoms. The van der Waals surface area contributed by atoms with Crippen LogP contribution in [0.5, 0.6) is 11.5 Å². The summed E-state index contributed by atoms with van der Waals surface area (Å²) in [6, 6.07) is 9.53. The number of ether oxygens (including phenoxy) is 2. The third kappa shape index (κ3) is 3.35. The van der Waals surface area contributed by atoms with Crippen molar-refractivity contribution in [3.05, 3.63) is 47.7 Å². The van der Waals surface area contributed by atoms with Gasteiger partial charge >= 0.3 is 0 Å². The Labute approximate surface area is 112 Å². The molecular weight excluding hydrogens is 242 g/mol. The third-order valence-corrected chi connectivity index (χ3v) is 2.69. The fraction of sp³-hybridized carbons (Fsp3) is 0.214. The number of nitrogen functional groups attached to an aromatic ring is 1. The van der Waals surface area contributed by atoms with Gasteiger partial charge in [0.15, 0.2) is 11.5 Å². The van der Waals surface area contributed by atoms with E-state index in [9.17, 15) is 0 Å². The molecule has 0 aliphatic carbocycles. The molecule has 2 rings (SSSR count). The Morgan fingerprint density at radius 3 is 2.79 bits per heavy atom. The van der Waals surface area contributed by atoms with E-state index in [1.54, 1.807) is 13.3 Å². The fourth-order valence-electron chi connectivity index (χ4n) is 1.70. The van der Waals surface area contributed by atoms with Crippen LogP contribution in [0.1, 0.15) is 11.1 Å². The molecule has 19 heavy (non-hydrogen) atoms. The minimum Gasteiger partial charge on any atom is -0.493 e. The van der Waals surface area contributed by atoms with E-state index in [1.807, 2.05) is 37.3 Å². The van der Waals surface area contributed by atoms with E-state index >= 15 is 0 Å². The second-order valence-corrected chi connectivity index (χ2v) is 4.14. The maximum Gasteiger partial charge on any atom is 0.161 e. The highest BCUT2D eigenvalue weighted by atomic mass is 16.5. The second kappa shape index (κ2) is 6.06. The van der Waals surface area contributed by atoms with Gasteiger partial charge in [0.25, 0.3) is 0 Å². The van der Waals surface area contributed by atoms with E-state index in [1.165, 1.54) is 0 Å². The number of aryl methyl sites for hydroxylation is 1. The lowest BCUT2D eigenvalue weighted by molar-refractivity contribution is 0.284. The molecule has 1 aromatic heterocycles. The van der Waals surface area contributed by atoms with Crippen molar-refractivity contribution in [2.75, 3.05) is 12.5 Å². The minimum absolute atomic E-state index is 0.427. The van der Waals surface area contributed by atoms with E-state index in [0.29, 0.717) is 18.2 Å². The van der Waals surface area contributed by atoms with Crippen LogP contribution in [0, 0.1) is 6.92 Å². The first-order valence-corrected chi connectivity index (χ1v) is 5.92. The Kier molecular flexibility index (Phi) is 4.20. The second-order valence-electron chi connectivity index (χ2n) is 4.14. The highest BCUT2D eigenvalue weighted by Gasteiger charge is 2.05. The van der Waals surface area contributed by atoms with Gasteiger partial charge in [0.05, 0.1) is 7.11 Å². The van der Waals surface area contributed by atoms with Crippen molar-refractivity contribution in [3.8, 4) is 11.5 Å². The van der Waals surface area contributed by atoms with Crippen LogP contribution in [0.2, 0.25) is 0 Å². The topological polar surface area (TPSA) is 69.4 Å². The quantitative estimate of drug-likeness (QED) is 0.636. The average molecular weight is 259 g/mol. The maximum atomic E-state index is 5.75. The molecule has 1 heterocycles. The van der Waals surface area contributed by atoms with Crippen molar-refractivity contribution in [2.24, 2.45) is 5.84 Å². The molecule has 0 radical (unpaired) electrons. The highest BCUT2D eigenvalue weighted by molar-refractivity contribution is 5.43. The molecule has 1 aromatic carbocycles. The predicted octanol–water partition coefficient (Wildman–Crippen LogP) is 2.26. The van der Waals surface area contributed by atoms with Crippen molar-refractivity contribution >= 4 is 5.82 Å². The molecular formula is C14H17N3O2. The van der Waals surface area contributed by atoms with Gasteiger partial charge < -0.3 is 14.9 Å². The molecule has 0 saturated heterocycles. The smallest absolute Gasteiger partial charge is 0.161 e. The lowest BCUT2D eigenvalue weighted by atomic mass is 10.2. The van der Waals surface area contributed by atoms with Crippen LogP contribution < -0.4 is 20.7 Å². The van der Waals surface area contributed by atoms with Gasteiger partial charge in [-0.15, -0.1) is 0 Å². The fourth-order valence-corrected chi connectivity index (χ4v) is 1.70. The van der Waals surface area contributed by atoms with Gasteiger partial charge in [-0.25, -0.2) is 10.8 Å². The Morgan fingerprint density at radius 2 is 2.05 bits per heavy atom. The van der Waals surface area contributed by atoms with Gasteiger partial charge in [-0.3, -0.25) is 0 Å². The van der Waals surface area contributed by atoms with Crippen LogP contribution in [0.4, 0.5) is 5.82 Å². The van der Waals surface area contributed by atoms with Gasteiger partial charge in [0, 0.05) is 6.20 Å². The number of aromatic nitrogens is 1. The van der Waals surface area contributed by atoms with Crippen molar-refractivity contribution in [1.82, 2.24) is 4.98 Å². The van der Waals surface area contributed by atoms with Gasteiger partial charge in [-0.1, -0.05) is 6.07 Å². The molecule has 0 fully saturated rings. The molecule has 5 heteroatoms. The summed E-state index contributed by atoms with van der Waals surface area (Å²) in [6.07, 6.45) is 1.68. The van der Waals surface area contributed by atoms with E-state index in [-0.39, 0.29) is 0 Å². The first-order chi connectivity index (χ1) is 9.22. The normalized spacial score (nSPS) is 10.1. The first-order valence-electron chi connectivity index (χ1n) is 5.92. The number of nitrogens with two attached hydrogens (primary N) is 1. The summed E-state index contributed by atoms with van der Waals surface area (Å²) in [7, 11) is 1.63. The van der Waals surface area contributed by atoms with Gasteiger partial charge in [0.1, 0.15) is 12.4 Å². The van der Waals surface area contributed by atoms with Crippen molar-refractivity contribution in [2.45, 2.75) is 13.5 Å². The monoisotopic (exact) mass is 259 g/mol. The number of anilines is 1. The molecule has 3 N–H and O–H groups in total. The Morgan fingerprint density at radius 1 is 1.21 bits per heavy atom. The largest absolute Gasteiger partial charge is 0.493 e. The van der Waals surface area contributed by atoms with E-state index in [2.05, 4.69) is 10.4 Å². The molecule has 0 atom stereocenters. The molecule has 0 amide bonds. The number of pyridine rings is 1. The van der Waals surface area contributed by atoms with Crippen LogP contribution in [0.15, 0.2) is 36.5 Å². The average Bonchev–Trinajstić information content (AvgIpc) is 2.46. The van der Waals surface area contributed by atoms with Crippen LogP contribution in [0.3, 0.4) is 0 Å². The summed E-state index contributed by atoms with van der Waals surface area (Å²) in [5.41, 5.74) is 4.61. The third-order valence-electron chi connectivity index (χ3n) is 2.69. The number of nitrogens with one attached hydrogen (secondary N) is 1. The summed E-state index contributed by atoms with van der Waals surface area (Å²) >= 11 is 0. The number of rotatable bonds is 5. The van der Waals surface area contributed by atoms with Gasteiger partial charge in [0.2, 0.25) is 0 Å².